The van der Waals surface area contributed by atoms with Crippen LogP contribution < -0.4 is 15.4 Å². The van der Waals surface area contributed by atoms with E-state index in [1.807, 2.05) is 30.5 Å². The monoisotopic (exact) mass is 429 g/mol. The summed E-state index contributed by atoms with van der Waals surface area (Å²) in [4.78, 5) is 29.9. The van der Waals surface area contributed by atoms with E-state index in [2.05, 4.69) is 15.6 Å². The van der Waals surface area contributed by atoms with Gasteiger partial charge >= 0.3 is 0 Å². The van der Waals surface area contributed by atoms with E-state index < -0.39 is 0 Å². The van der Waals surface area contributed by atoms with E-state index in [1.165, 1.54) is 11.3 Å². The Bertz CT molecular complexity index is 1210. The van der Waals surface area contributed by atoms with Crippen molar-refractivity contribution in [1.82, 2.24) is 4.98 Å². The molecule has 0 saturated heterocycles. The van der Waals surface area contributed by atoms with Crippen molar-refractivity contribution in [2.24, 2.45) is 0 Å². The number of benzene rings is 2. The zero-order valence-electron chi connectivity index (χ0n) is 16.7. The van der Waals surface area contributed by atoms with Gasteiger partial charge < -0.3 is 15.4 Å². The lowest BCUT2D eigenvalue weighted by molar-refractivity contribution is 0.102. The third kappa shape index (κ3) is 4.96. The second kappa shape index (κ2) is 9.23. The number of anilines is 2. The fraction of sp³-hybridized carbons (Fsp3) is 0.0417. The van der Waals surface area contributed by atoms with E-state index in [1.54, 1.807) is 60.9 Å². The number of para-hydroxylation sites is 1. The first-order valence-corrected chi connectivity index (χ1v) is 10.4. The van der Waals surface area contributed by atoms with Crippen LogP contribution in [0.25, 0.3) is 0 Å². The predicted octanol–water partition coefficient (Wildman–Crippen LogP) is 5.75. The number of nitrogens with zero attached hydrogens (tertiary/aromatic N) is 1. The van der Waals surface area contributed by atoms with Crippen molar-refractivity contribution >= 4 is 34.5 Å². The van der Waals surface area contributed by atoms with Gasteiger partial charge in [0, 0.05) is 11.9 Å². The van der Waals surface area contributed by atoms with Crippen LogP contribution in [0, 0.1) is 6.92 Å². The SMILES string of the molecule is Cc1cc(NC(=O)c2ccccc2NC(=O)c2cccs2)ccc1Oc1cccnc1. The summed E-state index contributed by atoms with van der Waals surface area (Å²) in [5.41, 5.74) is 2.31. The molecule has 0 atom stereocenters. The third-order valence-electron chi connectivity index (χ3n) is 4.46. The van der Waals surface area contributed by atoms with Crippen molar-refractivity contribution in [2.75, 3.05) is 10.6 Å². The maximum absolute atomic E-state index is 12.9. The van der Waals surface area contributed by atoms with Crippen LogP contribution in [0.4, 0.5) is 11.4 Å². The standard InChI is InChI=1S/C24H19N3O3S/c1-16-14-17(10-11-21(16)30-18-6-4-12-25-15-18)26-23(28)19-7-2-3-8-20(19)27-24(29)22-9-5-13-31-22/h2-15H,1H3,(H,26,28)(H,27,29). The van der Waals surface area contributed by atoms with Crippen molar-refractivity contribution in [3.8, 4) is 11.5 Å². The fourth-order valence-electron chi connectivity index (χ4n) is 2.96. The van der Waals surface area contributed by atoms with Crippen LogP contribution >= 0.6 is 11.3 Å². The van der Waals surface area contributed by atoms with Gasteiger partial charge in [-0.2, -0.15) is 0 Å². The van der Waals surface area contributed by atoms with Crippen LogP contribution in [0.1, 0.15) is 25.6 Å². The highest BCUT2D eigenvalue weighted by Crippen LogP contribution is 2.27. The van der Waals surface area contributed by atoms with E-state index in [4.69, 9.17) is 4.74 Å². The average Bonchev–Trinajstić information content (AvgIpc) is 3.32. The molecule has 4 rings (SSSR count). The summed E-state index contributed by atoms with van der Waals surface area (Å²) in [7, 11) is 0. The number of nitrogens with one attached hydrogen (secondary N) is 2. The smallest absolute Gasteiger partial charge is 0.265 e. The summed E-state index contributed by atoms with van der Waals surface area (Å²) < 4.78 is 5.83. The molecular formula is C24H19N3O3S. The van der Waals surface area contributed by atoms with Gasteiger partial charge in [-0.05, 0) is 66.4 Å². The zero-order chi connectivity index (χ0) is 21.6. The number of carbonyl (C=O) groups excluding carboxylic acids is 2. The molecule has 2 amide bonds. The van der Waals surface area contributed by atoms with Crippen molar-refractivity contribution in [3.05, 3.63) is 101 Å². The van der Waals surface area contributed by atoms with E-state index in [0.29, 0.717) is 33.3 Å². The molecule has 6 nitrogen and oxygen atoms in total. The number of aromatic nitrogens is 1. The molecule has 2 aromatic carbocycles. The molecule has 0 aliphatic heterocycles. The maximum Gasteiger partial charge on any atom is 0.265 e. The minimum Gasteiger partial charge on any atom is -0.455 e. The van der Waals surface area contributed by atoms with E-state index in [9.17, 15) is 9.59 Å². The second-order valence-electron chi connectivity index (χ2n) is 6.70. The number of pyridine rings is 1. The summed E-state index contributed by atoms with van der Waals surface area (Å²) in [6.07, 6.45) is 3.32. The molecule has 0 fully saturated rings. The molecule has 31 heavy (non-hydrogen) atoms. The Balaban J connectivity index is 1.48. The Hall–Kier alpha value is -3.97. The number of hydrogen-bond donors (Lipinski definition) is 2. The number of rotatable bonds is 6. The highest BCUT2D eigenvalue weighted by atomic mass is 32.1. The molecule has 0 aliphatic rings. The predicted molar refractivity (Wildman–Crippen MR) is 122 cm³/mol. The number of carbonyl (C=O) groups is 2. The number of amides is 2. The van der Waals surface area contributed by atoms with Gasteiger partial charge in [0.1, 0.15) is 11.5 Å². The minimum atomic E-state index is -0.317. The molecule has 2 N–H and O–H groups in total. The maximum atomic E-state index is 12.9. The first kappa shape index (κ1) is 20.3. The molecule has 7 heteroatoms. The lowest BCUT2D eigenvalue weighted by Crippen LogP contribution is -2.17. The summed E-state index contributed by atoms with van der Waals surface area (Å²) >= 11 is 1.34. The topological polar surface area (TPSA) is 80.3 Å². The van der Waals surface area contributed by atoms with Crippen molar-refractivity contribution in [3.63, 3.8) is 0 Å². The molecule has 0 spiro atoms. The fourth-order valence-corrected chi connectivity index (χ4v) is 3.58. The highest BCUT2D eigenvalue weighted by Gasteiger charge is 2.15. The molecule has 0 unspecified atom stereocenters. The Morgan fingerprint density at radius 1 is 0.935 bits per heavy atom. The van der Waals surface area contributed by atoms with Gasteiger partial charge in [0.25, 0.3) is 11.8 Å². The lowest BCUT2D eigenvalue weighted by atomic mass is 10.1. The van der Waals surface area contributed by atoms with Gasteiger partial charge in [-0.3, -0.25) is 14.6 Å². The molecule has 0 aliphatic carbocycles. The minimum absolute atomic E-state index is 0.247. The number of hydrogen-bond acceptors (Lipinski definition) is 5. The van der Waals surface area contributed by atoms with Gasteiger partial charge in [0.05, 0.1) is 22.3 Å². The summed E-state index contributed by atoms with van der Waals surface area (Å²) in [5, 5.41) is 7.53. The van der Waals surface area contributed by atoms with Gasteiger partial charge in [-0.25, -0.2) is 0 Å². The quantitative estimate of drug-likeness (QED) is 0.409. The molecule has 154 valence electrons. The highest BCUT2D eigenvalue weighted by molar-refractivity contribution is 7.12. The first-order valence-electron chi connectivity index (χ1n) is 9.54. The molecule has 2 heterocycles. The van der Waals surface area contributed by atoms with Gasteiger partial charge in [-0.15, -0.1) is 11.3 Å². The van der Waals surface area contributed by atoms with Crippen LogP contribution in [0.5, 0.6) is 11.5 Å². The van der Waals surface area contributed by atoms with E-state index >= 15 is 0 Å². The largest absolute Gasteiger partial charge is 0.455 e. The zero-order valence-corrected chi connectivity index (χ0v) is 17.5. The summed E-state index contributed by atoms with van der Waals surface area (Å²) in [6, 6.07) is 19.5. The normalized spacial score (nSPS) is 10.4. The molecule has 2 aromatic heterocycles. The Morgan fingerprint density at radius 3 is 2.55 bits per heavy atom. The average molecular weight is 430 g/mol. The van der Waals surface area contributed by atoms with Gasteiger partial charge in [0.2, 0.25) is 0 Å². The lowest BCUT2D eigenvalue weighted by Gasteiger charge is -2.13. The number of ether oxygens (including phenoxy) is 1. The third-order valence-corrected chi connectivity index (χ3v) is 5.33. The molecule has 0 radical (unpaired) electrons. The van der Waals surface area contributed by atoms with E-state index in [-0.39, 0.29) is 11.8 Å². The Morgan fingerprint density at radius 2 is 1.81 bits per heavy atom. The van der Waals surface area contributed by atoms with Crippen LogP contribution in [0.3, 0.4) is 0 Å². The second-order valence-corrected chi connectivity index (χ2v) is 7.65. The molecule has 0 bridgehead atoms. The van der Waals surface area contributed by atoms with Gasteiger partial charge in [-0.1, -0.05) is 18.2 Å². The van der Waals surface area contributed by atoms with Crippen LogP contribution in [-0.4, -0.2) is 16.8 Å². The van der Waals surface area contributed by atoms with Crippen molar-refractivity contribution in [2.45, 2.75) is 6.92 Å². The Kier molecular flexibility index (Phi) is 6.05. The molecular weight excluding hydrogens is 410 g/mol. The summed E-state index contributed by atoms with van der Waals surface area (Å²) in [6.45, 7) is 1.90. The Labute approximate surface area is 183 Å². The van der Waals surface area contributed by atoms with Gasteiger partial charge in [0.15, 0.2) is 0 Å². The van der Waals surface area contributed by atoms with E-state index in [0.717, 1.165) is 5.56 Å². The van der Waals surface area contributed by atoms with Crippen LogP contribution in [0.2, 0.25) is 0 Å². The molecule has 4 aromatic rings. The summed E-state index contributed by atoms with van der Waals surface area (Å²) in [5.74, 6) is 0.748. The number of aryl methyl sites for hydroxylation is 1. The van der Waals surface area contributed by atoms with Crippen molar-refractivity contribution < 1.29 is 14.3 Å². The van der Waals surface area contributed by atoms with Crippen molar-refractivity contribution in [1.29, 1.82) is 0 Å². The number of thiophene rings is 1. The van der Waals surface area contributed by atoms with Crippen LogP contribution in [-0.2, 0) is 0 Å². The first-order chi connectivity index (χ1) is 15.1. The molecule has 0 saturated carbocycles. The van der Waals surface area contributed by atoms with Crippen LogP contribution in [0.15, 0.2) is 84.5 Å².